The van der Waals surface area contributed by atoms with Gasteiger partial charge in [-0.1, -0.05) is 11.6 Å². The summed E-state index contributed by atoms with van der Waals surface area (Å²) in [6.45, 7) is 2.86. The van der Waals surface area contributed by atoms with E-state index in [1.54, 1.807) is 25.1 Å². The van der Waals surface area contributed by atoms with Gasteiger partial charge < -0.3 is 14.6 Å². The Morgan fingerprint density at radius 3 is 2.37 bits per heavy atom. The third-order valence-electron chi connectivity index (χ3n) is 4.23. The smallest absolute Gasteiger partial charge is 0.349 e. The van der Waals surface area contributed by atoms with Crippen molar-refractivity contribution in [3.8, 4) is 5.75 Å². The number of hydrogen-bond donors (Lipinski definition) is 2. The average molecular weight is 367 g/mol. The van der Waals surface area contributed by atoms with E-state index in [0.717, 1.165) is 10.5 Å². The van der Waals surface area contributed by atoms with Crippen LogP contribution in [0.3, 0.4) is 0 Å². The molecule has 3 rings (SSSR count). The van der Waals surface area contributed by atoms with Crippen LogP contribution in [0.1, 0.15) is 21.5 Å². The van der Waals surface area contributed by atoms with E-state index in [4.69, 9.17) is 4.42 Å². The zero-order valence-electron chi connectivity index (χ0n) is 14.7. The Kier molecular flexibility index (Phi) is 4.68. The quantitative estimate of drug-likeness (QED) is 0.687. The normalized spacial score (nSPS) is 10.7. The van der Waals surface area contributed by atoms with Crippen molar-refractivity contribution in [1.82, 2.24) is 0 Å². The largest absolute Gasteiger partial charge is 0.508 e. The number of benzene rings is 2. The molecule has 0 saturated carbocycles. The predicted octanol–water partition coefficient (Wildman–Crippen LogP) is 2.85. The summed E-state index contributed by atoms with van der Waals surface area (Å²) in [6, 6.07) is 10.7. The number of rotatable bonds is 4. The molecule has 7 heteroatoms. The molecule has 3 aromatic rings. The van der Waals surface area contributed by atoms with Crippen molar-refractivity contribution in [3.05, 3.63) is 69.6 Å². The Labute approximate surface area is 154 Å². The van der Waals surface area contributed by atoms with Crippen LogP contribution in [0.25, 0.3) is 11.0 Å². The lowest BCUT2D eigenvalue weighted by molar-refractivity contribution is -0.135. The van der Waals surface area contributed by atoms with Crippen LogP contribution in [0.15, 0.2) is 51.7 Å². The fourth-order valence-corrected chi connectivity index (χ4v) is 2.90. The molecular weight excluding hydrogens is 350 g/mol. The van der Waals surface area contributed by atoms with Gasteiger partial charge in [-0.25, -0.2) is 4.79 Å². The van der Waals surface area contributed by atoms with Crippen LogP contribution in [0.4, 0.5) is 5.69 Å². The van der Waals surface area contributed by atoms with Crippen LogP contribution in [0.2, 0.25) is 0 Å². The number of hydrogen-bond acceptors (Lipinski definition) is 5. The van der Waals surface area contributed by atoms with Gasteiger partial charge >= 0.3 is 11.6 Å². The molecular formula is C20H17NO6. The number of aryl methyl sites for hydroxylation is 2. The molecule has 27 heavy (non-hydrogen) atoms. The van der Waals surface area contributed by atoms with Crippen molar-refractivity contribution in [2.75, 3.05) is 11.4 Å². The van der Waals surface area contributed by atoms with Crippen LogP contribution in [0, 0.1) is 13.8 Å². The van der Waals surface area contributed by atoms with Crippen LogP contribution in [0.5, 0.6) is 5.75 Å². The van der Waals surface area contributed by atoms with Crippen molar-refractivity contribution in [2.45, 2.75) is 13.8 Å². The van der Waals surface area contributed by atoms with E-state index >= 15 is 0 Å². The molecule has 0 saturated heterocycles. The van der Waals surface area contributed by atoms with Gasteiger partial charge in [-0.3, -0.25) is 14.5 Å². The lowest BCUT2D eigenvalue weighted by Gasteiger charge is -2.21. The molecule has 0 bridgehead atoms. The first-order valence-corrected chi connectivity index (χ1v) is 8.14. The molecule has 0 fully saturated rings. The van der Waals surface area contributed by atoms with Gasteiger partial charge in [0, 0.05) is 11.1 Å². The van der Waals surface area contributed by atoms with Gasteiger partial charge in [0.15, 0.2) is 0 Å². The molecule has 7 nitrogen and oxygen atoms in total. The number of amides is 1. The van der Waals surface area contributed by atoms with Crippen molar-refractivity contribution in [2.24, 2.45) is 0 Å². The number of carboxylic acids is 1. The molecule has 0 aliphatic heterocycles. The number of aliphatic carboxylic acids is 1. The first-order valence-electron chi connectivity index (χ1n) is 8.14. The number of aromatic hydroxyl groups is 1. The molecule has 0 aliphatic carbocycles. The summed E-state index contributed by atoms with van der Waals surface area (Å²) in [6.07, 6.45) is 0. The van der Waals surface area contributed by atoms with Gasteiger partial charge in [-0.2, -0.15) is 0 Å². The number of fused-ring (bicyclic) bond motifs is 1. The Bertz CT molecular complexity index is 1100. The maximum absolute atomic E-state index is 13.1. The van der Waals surface area contributed by atoms with Gasteiger partial charge in [-0.05, 0) is 55.8 Å². The molecule has 1 heterocycles. The summed E-state index contributed by atoms with van der Waals surface area (Å²) in [5.74, 6) is -2.05. The van der Waals surface area contributed by atoms with Gasteiger partial charge in [0.2, 0.25) is 0 Å². The number of carbonyl (C=O) groups excluding carboxylic acids is 1. The van der Waals surface area contributed by atoms with Crippen molar-refractivity contribution in [1.29, 1.82) is 0 Å². The average Bonchev–Trinajstić information content (AvgIpc) is 2.61. The first kappa shape index (κ1) is 18.2. The highest BCUT2D eigenvalue weighted by Gasteiger charge is 2.26. The fraction of sp³-hybridized carbons (Fsp3) is 0.150. The number of anilines is 1. The molecule has 0 atom stereocenters. The lowest BCUT2D eigenvalue weighted by atomic mass is 10.0. The minimum Gasteiger partial charge on any atom is -0.508 e. The second-order valence-electron chi connectivity index (χ2n) is 6.19. The summed E-state index contributed by atoms with van der Waals surface area (Å²) in [4.78, 5) is 37.8. The van der Waals surface area contributed by atoms with Gasteiger partial charge in [-0.15, -0.1) is 0 Å². The summed E-state index contributed by atoms with van der Waals surface area (Å²) in [5, 5.41) is 19.2. The summed E-state index contributed by atoms with van der Waals surface area (Å²) in [7, 11) is 0. The number of phenols is 1. The summed E-state index contributed by atoms with van der Waals surface area (Å²) in [5.41, 5.74) is 0.894. The van der Waals surface area contributed by atoms with E-state index < -0.39 is 24.0 Å². The summed E-state index contributed by atoms with van der Waals surface area (Å²) >= 11 is 0. The number of nitrogens with zero attached hydrogens (tertiary/aromatic N) is 1. The second kappa shape index (κ2) is 6.95. The molecule has 2 aromatic carbocycles. The number of phenolic OH excluding ortho intramolecular Hbond substituents is 1. The molecule has 0 aliphatic rings. The molecule has 1 aromatic heterocycles. The Morgan fingerprint density at radius 2 is 1.74 bits per heavy atom. The van der Waals surface area contributed by atoms with E-state index in [1.807, 2.05) is 6.92 Å². The van der Waals surface area contributed by atoms with E-state index in [1.165, 1.54) is 24.3 Å². The monoisotopic (exact) mass is 367 g/mol. The minimum atomic E-state index is -1.24. The fourth-order valence-electron chi connectivity index (χ4n) is 2.90. The molecule has 138 valence electrons. The lowest BCUT2D eigenvalue weighted by Crippen LogP contribution is -2.38. The Hall–Kier alpha value is -3.61. The SMILES string of the molecule is Cc1ccc2oc(=O)c(C(=O)N(CC(=O)O)c3ccc(O)cc3)c(C)c2c1. The Balaban J connectivity index is 2.17. The van der Waals surface area contributed by atoms with Crippen LogP contribution in [-0.4, -0.2) is 28.6 Å². The zero-order valence-corrected chi connectivity index (χ0v) is 14.7. The van der Waals surface area contributed by atoms with Gasteiger partial charge in [0.1, 0.15) is 23.4 Å². The van der Waals surface area contributed by atoms with Crippen molar-refractivity contribution in [3.63, 3.8) is 0 Å². The van der Waals surface area contributed by atoms with Gasteiger partial charge in [0.05, 0.1) is 0 Å². The van der Waals surface area contributed by atoms with E-state index in [9.17, 15) is 24.6 Å². The molecule has 1 amide bonds. The molecule has 0 unspecified atom stereocenters. The highest BCUT2D eigenvalue weighted by atomic mass is 16.4. The summed E-state index contributed by atoms with van der Waals surface area (Å²) < 4.78 is 5.27. The Morgan fingerprint density at radius 1 is 1.07 bits per heavy atom. The minimum absolute atomic E-state index is 0.0293. The highest BCUT2D eigenvalue weighted by Crippen LogP contribution is 2.24. The first-order chi connectivity index (χ1) is 12.8. The van der Waals surface area contributed by atoms with Crippen LogP contribution < -0.4 is 10.5 Å². The van der Waals surface area contributed by atoms with Crippen molar-refractivity contribution >= 4 is 28.5 Å². The van der Waals surface area contributed by atoms with Crippen LogP contribution >= 0.6 is 0 Å². The molecule has 0 spiro atoms. The predicted molar refractivity (Wildman–Crippen MR) is 99.4 cm³/mol. The zero-order chi connectivity index (χ0) is 19.7. The van der Waals surface area contributed by atoms with Gasteiger partial charge in [0.25, 0.3) is 5.91 Å². The number of carboxylic acid groups (broad SMARTS) is 1. The maximum Gasteiger partial charge on any atom is 0.349 e. The standard InChI is InChI=1S/C20H17NO6/c1-11-3-8-16-15(9-11)12(2)18(20(26)27-16)19(25)21(10-17(23)24)13-4-6-14(22)7-5-13/h3-9,22H,10H2,1-2H3,(H,23,24). The second-order valence-corrected chi connectivity index (χ2v) is 6.19. The van der Waals surface area contributed by atoms with E-state index in [0.29, 0.717) is 16.5 Å². The third kappa shape index (κ3) is 3.52. The third-order valence-corrected chi connectivity index (χ3v) is 4.23. The maximum atomic E-state index is 13.1. The molecule has 0 radical (unpaired) electrons. The highest BCUT2D eigenvalue weighted by molar-refractivity contribution is 6.10. The van der Waals surface area contributed by atoms with E-state index in [-0.39, 0.29) is 17.0 Å². The van der Waals surface area contributed by atoms with Crippen molar-refractivity contribution < 1.29 is 24.2 Å². The van der Waals surface area contributed by atoms with Crippen LogP contribution in [-0.2, 0) is 4.79 Å². The molecule has 2 N–H and O–H groups in total. The van der Waals surface area contributed by atoms with E-state index in [2.05, 4.69) is 0 Å². The topological polar surface area (TPSA) is 108 Å². The number of carbonyl (C=O) groups is 2.